The van der Waals surface area contributed by atoms with Gasteiger partial charge in [0.1, 0.15) is 6.04 Å². The van der Waals surface area contributed by atoms with Crippen molar-refractivity contribution in [2.24, 2.45) is 0 Å². The Labute approximate surface area is 144 Å². The molecule has 23 heavy (non-hydrogen) atoms. The lowest BCUT2D eigenvalue weighted by Gasteiger charge is -2.26. The van der Waals surface area contributed by atoms with Gasteiger partial charge in [-0.15, -0.1) is 22.7 Å². The highest BCUT2D eigenvalue weighted by atomic mass is 32.1. The highest BCUT2D eigenvalue weighted by molar-refractivity contribution is 7.10. The van der Waals surface area contributed by atoms with E-state index in [1.807, 2.05) is 6.07 Å². The summed E-state index contributed by atoms with van der Waals surface area (Å²) < 4.78 is 0. The van der Waals surface area contributed by atoms with Gasteiger partial charge in [-0.2, -0.15) is 0 Å². The fourth-order valence-corrected chi connectivity index (χ4v) is 4.03. The molecule has 3 aromatic rings. The van der Waals surface area contributed by atoms with Crippen molar-refractivity contribution >= 4 is 34.4 Å². The summed E-state index contributed by atoms with van der Waals surface area (Å²) in [6.07, 6.45) is 6.59. The van der Waals surface area contributed by atoms with Crippen LogP contribution in [-0.2, 0) is 0 Å². The van der Waals surface area contributed by atoms with Gasteiger partial charge >= 0.3 is 0 Å². The number of nitrogens with zero attached hydrogens (tertiary/aromatic N) is 1. The number of benzene rings is 1. The average molecular weight is 336 g/mol. The maximum absolute atomic E-state index is 3.53. The zero-order valence-corrected chi connectivity index (χ0v) is 14.1. The van der Waals surface area contributed by atoms with Gasteiger partial charge in [0.25, 0.3) is 0 Å². The Morgan fingerprint density at radius 1 is 0.870 bits per heavy atom. The minimum atomic E-state index is 0.223. The third-order valence-corrected chi connectivity index (χ3v) is 5.49. The van der Waals surface area contributed by atoms with Gasteiger partial charge in [0.2, 0.25) is 0 Å². The van der Waals surface area contributed by atoms with Gasteiger partial charge in [0, 0.05) is 9.75 Å². The third-order valence-electron chi connectivity index (χ3n) is 3.70. The zero-order chi connectivity index (χ0) is 15.5. The summed E-state index contributed by atoms with van der Waals surface area (Å²) in [5, 5.41) is 6.45. The SMILES string of the molecule is C(=Cc1cccs1)C1=C[C@H](c2cccs2)N(c2ccccc2)N1. The number of hydrogen-bond acceptors (Lipinski definition) is 4. The molecule has 0 unspecified atom stereocenters. The lowest BCUT2D eigenvalue weighted by atomic mass is 10.2. The largest absolute Gasteiger partial charge is 0.298 e. The molecule has 0 radical (unpaired) electrons. The van der Waals surface area contributed by atoms with E-state index in [-0.39, 0.29) is 6.04 Å². The molecule has 0 saturated carbocycles. The molecular weight excluding hydrogens is 320 g/mol. The minimum absolute atomic E-state index is 0.223. The topological polar surface area (TPSA) is 15.3 Å². The Morgan fingerprint density at radius 2 is 1.70 bits per heavy atom. The summed E-state index contributed by atoms with van der Waals surface area (Å²) in [6.45, 7) is 0. The quantitative estimate of drug-likeness (QED) is 0.679. The first kappa shape index (κ1) is 14.3. The molecular formula is C19H16N2S2. The fourth-order valence-electron chi connectivity index (χ4n) is 2.62. The van der Waals surface area contributed by atoms with Crippen LogP contribution in [0.4, 0.5) is 5.69 Å². The van der Waals surface area contributed by atoms with Gasteiger partial charge in [-0.25, -0.2) is 0 Å². The summed E-state index contributed by atoms with van der Waals surface area (Å²) in [5.74, 6) is 0. The first-order valence-corrected chi connectivity index (χ1v) is 9.24. The van der Waals surface area contributed by atoms with E-state index in [2.05, 4.69) is 88.0 Å². The van der Waals surface area contributed by atoms with E-state index >= 15 is 0 Å². The molecule has 4 rings (SSSR count). The van der Waals surface area contributed by atoms with Gasteiger partial charge in [0.15, 0.2) is 0 Å². The Hall–Kier alpha value is -2.30. The van der Waals surface area contributed by atoms with Crippen LogP contribution in [0.15, 0.2) is 83.2 Å². The van der Waals surface area contributed by atoms with Crippen LogP contribution >= 0.6 is 22.7 Å². The van der Waals surface area contributed by atoms with Crippen LogP contribution in [-0.4, -0.2) is 0 Å². The molecule has 114 valence electrons. The molecule has 4 heteroatoms. The van der Waals surface area contributed by atoms with Crippen LogP contribution < -0.4 is 10.4 Å². The first-order valence-electron chi connectivity index (χ1n) is 7.48. The predicted molar refractivity (Wildman–Crippen MR) is 101 cm³/mol. The van der Waals surface area contributed by atoms with Gasteiger partial charge in [-0.1, -0.05) is 30.3 Å². The van der Waals surface area contributed by atoms with Crippen LogP contribution in [0.3, 0.4) is 0 Å². The van der Waals surface area contributed by atoms with E-state index in [0.29, 0.717) is 0 Å². The van der Waals surface area contributed by atoms with Crippen LogP contribution in [0.2, 0.25) is 0 Å². The van der Waals surface area contributed by atoms with Gasteiger partial charge in [-0.3, -0.25) is 10.4 Å². The fraction of sp³-hybridized carbons (Fsp3) is 0.0526. The number of hydrogen-bond donors (Lipinski definition) is 1. The molecule has 2 nitrogen and oxygen atoms in total. The number of hydrazine groups is 1. The second-order valence-electron chi connectivity index (χ2n) is 5.25. The molecule has 1 N–H and O–H groups in total. The van der Waals surface area contributed by atoms with Gasteiger partial charge in [0.05, 0.1) is 11.4 Å². The van der Waals surface area contributed by atoms with Crippen LogP contribution in [0.1, 0.15) is 15.8 Å². The number of anilines is 1. The minimum Gasteiger partial charge on any atom is -0.298 e. The zero-order valence-electron chi connectivity index (χ0n) is 12.4. The molecule has 1 aromatic carbocycles. The van der Waals surface area contributed by atoms with Crippen molar-refractivity contribution in [2.45, 2.75) is 6.04 Å². The Kier molecular flexibility index (Phi) is 4.01. The first-order chi connectivity index (χ1) is 11.4. The number of para-hydroxylation sites is 1. The van der Waals surface area contributed by atoms with E-state index in [9.17, 15) is 0 Å². The summed E-state index contributed by atoms with van der Waals surface area (Å²) in [6, 6.07) is 19.2. The molecule has 1 atom stereocenters. The summed E-state index contributed by atoms with van der Waals surface area (Å²) >= 11 is 3.54. The highest BCUT2D eigenvalue weighted by Gasteiger charge is 2.26. The molecule has 0 spiro atoms. The van der Waals surface area contributed by atoms with Crippen molar-refractivity contribution in [1.29, 1.82) is 0 Å². The molecule has 2 aromatic heterocycles. The van der Waals surface area contributed by atoms with Crippen LogP contribution in [0, 0.1) is 0 Å². The standard InChI is InChI=1S/C19H16N2S2/c1-2-6-16(7-3-1)21-18(19-9-5-13-23-19)14-15(20-21)10-11-17-8-4-12-22-17/h1-14,18,20H/t18-/m1/s1. The van der Waals surface area contributed by atoms with Gasteiger partial charge in [-0.05, 0) is 53.3 Å². The highest BCUT2D eigenvalue weighted by Crippen LogP contribution is 2.34. The maximum Gasteiger partial charge on any atom is 0.105 e. The van der Waals surface area contributed by atoms with Gasteiger partial charge < -0.3 is 0 Å². The number of allylic oxidation sites excluding steroid dienone is 1. The Balaban J connectivity index is 1.63. The van der Waals surface area contributed by atoms with E-state index in [1.165, 1.54) is 15.4 Å². The van der Waals surface area contributed by atoms with E-state index in [4.69, 9.17) is 0 Å². The third kappa shape index (κ3) is 3.09. The number of thiophene rings is 2. The normalized spacial score (nSPS) is 17.5. The van der Waals surface area contributed by atoms with Crippen molar-refractivity contribution in [3.8, 4) is 0 Å². The number of rotatable bonds is 4. The molecule has 1 aliphatic heterocycles. The molecule has 1 aliphatic rings. The molecule has 0 fully saturated rings. The monoisotopic (exact) mass is 336 g/mol. The van der Waals surface area contributed by atoms with E-state index in [0.717, 1.165) is 5.70 Å². The molecule has 3 heterocycles. The Bertz CT molecular complexity index is 802. The average Bonchev–Trinajstić information content (AvgIpc) is 3.33. The van der Waals surface area contributed by atoms with Crippen LogP contribution in [0.5, 0.6) is 0 Å². The Morgan fingerprint density at radius 3 is 2.43 bits per heavy atom. The second kappa shape index (κ2) is 6.44. The van der Waals surface area contributed by atoms with Crippen molar-refractivity contribution in [2.75, 3.05) is 5.01 Å². The molecule has 0 amide bonds. The molecule has 0 aliphatic carbocycles. The van der Waals surface area contributed by atoms with Crippen molar-refractivity contribution in [1.82, 2.24) is 5.43 Å². The van der Waals surface area contributed by atoms with Crippen molar-refractivity contribution in [3.05, 3.63) is 93.0 Å². The second-order valence-corrected chi connectivity index (χ2v) is 7.21. The van der Waals surface area contributed by atoms with Crippen molar-refractivity contribution < 1.29 is 0 Å². The summed E-state index contributed by atoms with van der Waals surface area (Å²) in [5.41, 5.74) is 5.82. The maximum atomic E-state index is 3.53. The summed E-state index contributed by atoms with van der Waals surface area (Å²) in [7, 11) is 0. The molecule has 0 bridgehead atoms. The lowest BCUT2D eigenvalue weighted by molar-refractivity contribution is 0.718. The number of nitrogens with one attached hydrogen (secondary N) is 1. The van der Waals surface area contributed by atoms with Crippen LogP contribution in [0.25, 0.3) is 6.08 Å². The van der Waals surface area contributed by atoms with E-state index in [1.54, 1.807) is 22.7 Å². The summed E-state index contributed by atoms with van der Waals surface area (Å²) in [4.78, 5) is 2.60. The molecule has 0 saturated heterocycles. The predicted octanol–water partition coefficient (Wildman–Crippen LogP) is 5.47. The smallest absolute Gasteiger partial charge is 0.105 e. The lowest BCUT2D eigenvalue weighted by Crippen LogP contribution is -2.33. The van der Waals surface area contributed by atoms with E-state index < -0.39 is 0 Å². The van der Waals surface area contributed by atoms with Crippen molar-refractivity contribution in [3.63, 3.8) is 0 Å².